The maximum atomic E-state index is 13.0. The second-order valence-electron chi connectivity index (χ2n) is 8.49. The van der Waals surface area contributed by atoms with Crippen LogP contribution in [0, 0.1) is 13.8 Å². The molecule has 1 atom stereocenters. The Morgan fingerprint density at radius 1 is 1.03 bits per heavy atom. The Balaban J connectivity index is 1.73. The monoisotopic (exact) mass is 463 g/mol. The van der Waals surface area contributed by atoms with Gasteiger partial charge in [0.15, 0.2) is 0 Å². The summed E-state index contributed by atoms with van der Waals surface area (Å²) in [5, 5.41) is 4.18. The number of nitrogens with zero attached hydrogens (tertiary/aromatic N) is 2. The normalized spacial score (nSPS) is 15.9. The van der Waals surface area contributed by atoms with Crippen molar-refractivity contribution < 1.29 is 9.53 Å². The standard InChI is InChI=1S/C27H33N3O2S/c1-5-29-15-17-30(18-16-29)25(21-11-13-23(32-4)14-12-21)24-19(2)20(3)33-27(24)28-26(31)22-9-7-6-8-10-22/h6-14,25H,5,15-18H2,1-4H3,(H,28,31)/t25-/m0/s1. The molecule has 174 valence electrons. The summed E-state index contributed by atoms with van der Waals surface area (Å²) in [6.45, 7) is 11.7. The fraction of sp³-hybridized carbons (Fsp3) is 0.370. The first-order valence-electron chi connectivity index (χ1n) is 11.6. The van der Waals surface area contributed by atoms with Gasteiger partial charge in [0.05, 0.1) is 13.2 Å². The number of piperazine rings is 1. The first-order valence-corrected chi connectivity index (χ1v) is 12.4. The van der Waals surface area contributed by atoms with E-state index in [9.17, 15) is 4.79 Å². The molecule has 1 fully saturated rings. The molecule has 2 heterocycles. The number of anilines is 1. The van der Waals surface area contributed by atoms with Gasteiger partial charge in [-0.05, 0) is 55.8 Å². The highest BCUT2D eigenvalue weighted by atomic mass is 32.1. The summed E-state index contributed by atoms with van der Waals surface area (Å²) < 4.78 is 5.41. The number of ether oxygens (including phenoxy) is 1. The molecule has 0 spiro atoms. The average molecular weight is 464 g/mol. The van der Waals surface area contributed by atoms with Crippen LogP contribution in [0.5, 0.6) is 5.75 Å². The number of hydrogen-bond acceptors (Lipinski definition) is 5. The molecule has 5 nitrogen and oxygen atoms in total. The molecule has 2 aromatic carbocycles. The van der Waals surface area contributed by atoms with Crippen LogP contribution in [-0.4, -0.2) is 55.5 Å². The highest BCUT2D eigenvalue weighted by Crippen LogP contribution is 2.43. The molecule has 4 rings (SSSR count). The van der Waals surface area contributed by atoms with Gasteiger partial charge in [-0.2, -0.15) is 0 Å². The van der Waals surface area contributed by atoms with E-state index in [4.69, 9.17) is 4.74 Å². The fourth-order valence-corrected chi connectivity index (χ4v) is 5.60. The lowest BCUT2D eigenvalue weighted by atomic mass is 9.94. The van der Waals surface area contributed by atoms with Crippen molar-refractivity contribution in [2.45, 2.75) is 26.8 Å². The number of carbonyl (C=O) groups excluding carboxylic acids is 1. The van der Waals surface area contributed by atoms with Crippen LogP contribution in [0.1, 0.15) is 44.9 Å². The van der Waals surface area contributed by atoms with Crippen LogP contribution in [0.15, 0.2) is 54.6 Å². The fourth-order valence-electron chi connectivity index (χ4n) is 4.52. The number of carbonyl (C=O) groups is 1. The molecule has 6 heteroatoms. The Morgan fingerprint density at radius 2 is 1.70 bits per heavy atom. The zero-order chi connectivity index (χ0) is 23.4. The number of thiophene rings is 1. The van der Waals surface area contributed by atoms with Gasteiger partial charge in [0.1, 0.15) is 10.8 Å². The van der Waals surface area contributed by atoms with Gasteiger partial charge in [0.25, 0.3) is 5.91 Å². The molecule has 1 saturated heterocycles. The van der Waals surface area contributed by atoms with Crippen molar-refractivity contribution in [3.63, 3.8) is 0 Å². The molecule has 1 aliphatic rings. The molecule has 0 radical (unpaired) electrons. The minimum atomic E-state index is -0.0672. The third kappa shape index (κ3) is 5.13. The van der Waals surface area contributed by atoms with Crippen LogP contribution in [0.4, 0.5) is 5.00 Å². The van der Waals surface area contributed by atoms with Crippen molar-refractivity contribution >= 4 is 22.2 Å². The second-order valence-corrected chi connectivity index (χ2v) is 9.72. The molecule has 1 amide bonds. The van der Waals surface area contributed by atoms with Crippen LogP contribution >= 0.6 is 11.3 Å². The summed E-state index contributed by atoms with van der Waals surface area (Å²) in [4.78, 5) is 19.3. The summed E-state index contributed by atoms with van der Waals surface area (Å²) in [6, 6.07) is 17.9. The number of hydrogen-bond donors (Lipinski definition) is 1. The van der Waals surface area contributed by atoms with Gasteiger partial charge in [0.2, 0.25) is 0 Å². The van der Waals surface area contributed by atoms with Gasteiger partial charge in [-0.3, -0.25) is 9.69 Å². The lowest BCUT2D eigenvalue weighted by Crippen LogP contribution is -2.47. The van der Waals surface area contributed by atoms with Crippen LogP contribution in [0.2, 0.25) is 0 Å². The van der Waals surface area contributed by atoms with Crippen LogP contribution in [0.25, 0.3) is 0 Å². The molecule has 1 aromatic heterocycles. The van der Waals surface area contributed by atoms with Gasteiger partial charge < -0.3 is 15.0 Å². The first kappa shape index (κ1) is 23.5. The molecule has 1 N–H and O–H groups in total. The topological polar surface area (TPSA) is 44.8 Å². The number of nitrogens with one attached hydrogen (secondary N) is 1. The highest BCUT2D eigenvalue weighted by molar-refractivity contribution is 7.16. The minimum absolute atomic E-state index is 0.0672. The average Bonchev–Trinajstić information content (AvgIpc) is 3.13. The predicted octanol–water partition coefficient (Wildman–Crippen LogP) is 5.35. The molecular formula is C27H33N3O2S. The van der Waals surface area contributed by atoms with Crippen LogP contribution < -0.4 is 10.1 Å². The van der Waals surface area contributed by atoms with Crippen molar-refractivity contribution in [3.05, 3.63) is 81.7 Å². The van der Waals surface area contributed by atoms with Gasteiger partial charge >= 0.3 is 0 Å². The number of aryl methyl sites for hydroxylation is 1. The van der Waals surface area contributed by atoms with E-state index < -0.39 is 0 Å². The van der Waals surface area contributed by atoms with E-state index in [1.54, 1.807) is 18.4 Å². The molecule has 1 aliphatic heterocycles. The number of rotatable bonds is 7. The van der Waals surface area contributed by atoms with Crippen LogP contribution in [-0.2, 0) is 0 Å². The zero-order valence-corrected chi connectivity index (χ0v) is 20.7. The lowest BCUT2D eigenvalue weighted by Gasteiger charge is -2.39. The number of likely N-dealkylation sites (N-methyl/N-ethyl adjacent to an activating group) is 1. The Kier molecular flexibility index (Phi) is 7.48. The maximum absolute atomic E-state index is 13.0. The summed E-state index contributed by atoms with van der Waals surface area (Å²) in [5.74, 6) is 0.784. The van der Waals surface area contributed by atoms with Gasteiger partial charge in [-0.1, -0.05) is 37.3 Å². The van der Waals surface area contributed by atoms with E-state index in [-0.39, 0.29) is 11.9 Å². The number of methoxy groups -OCH3 is 1. The summed E-state index contributed by atoms with van der Waals surface area (Å²) >= 11 is 1.67. The Hall–Kier alpha value is -2.67. The highest BCUT2D eigenvalue weighted by Gasteiger charge is 2.31. The molecule has 33 heavy (non-hydrogen) atoms. The van der Waals surface area contributed by atoms with Crippen molar-refractivity contribution in [2.24, 2.45) is 0 Å². The predicted molar refractivity (Wildman–Crippen MR) is 137 cm³/mol. The first-order chi connectivity index (χ1) is 16.0. The van der Waals surface area contributed by atoms with Crippen LogP contribution in [0.3, 0.4) is 0 Å². The Morgan fingerprint density at radius 3 is 2.30 bits per heavy atom. The third-order valence-corrected chi connectivity index (χ3v) is 7.76. The quantitative estimate of drug-likeness (QED) is 0.513. The molecule has 0 aliphatic carbocycles. The van der Waals surface area contributed by atoms with E-state index in [1.165, 1.54) is 21.6 Å². The molecule has 0 bridgehead atoms. The molecule has 3 aromatic rings. The Bertz CT molecular complexity index is 1070. The zero-order valence-electron chi connectivity index (χ0n) is 19.9. The van der Waals surface area contributed by atoms with E-state index in [0.717, 1.165) is 43.5 Å². The smallest absolute Gasteiger partial charge is 0.256 e. The van der Waals surface area contributed by atoms with Gasteiger partial charge in [-0.15, -0.1) is 11.3 Å². The van der Waals surface area contributed by atoms with Crippen molar-refractivity contribution in [1.82, 2.24) is 9.80 Å². The van der Waals surface area contributed by atoms with E-state index in [0.29, 0.717) is 5.56 Å². The maximum Gasteiger partial charge on any atom is 0.256 e. The Labute approximate surface area is 201 Å². The third-order valence-electron chi connectivity index (χ3n) is 6.62. The summed E-state index contributed by atoms with van der Waals surface area (Å²) in [7, 11) is 1.69. The van der Waals surface area contributed by atoms with Crippen molar-refractivity contribution in [1.29, 1.82) is 0 Å². The minimum Gasteiger partial charge on any atom is -0.497 e. The lowest BCUT2D eigenvalue weighted by molar-refractivity contribution is 0.102. The largest absolute Gasteiger partial charge is 0.497 e. The van der Waals surface area contributed by atoms with Crippen molar-refractivity contribution in [2.75, 3.05) is 45.2 Å². The van der Waals surface area contributed by atoms with Gasteiger partial charge in [0, 0.05) is 42.2 Å². The molecule has 0 saturated carbocycles. The summed E-state index contributed by atoms with van der Waals surface area (Å²) in [5.41, 5.74) is 4.35. The summed E-state index contributed by atoms with van der Waals surface area (Å²) in [6.07, 6.45) is 0. The molecular weight excluding hydrogens is 430 g/mol. The van der Waals surface area contributed by atoms with E-state index >= 15 is 0 Å². The second kappa shape index (κ2) is 10.5. The van der Waals surface area contributed by atoms with E-state index in [1.807, 2.05) is 42.5 Å². The van der Waals surface area contributed by atoms with E-state index in [2.05, 4.69) is 48.0 Å². The molecule has 0 unspecified atom stereocenters. The SMILES string of the molecule is CCN1CCN([C@@H](c2ccc(OC)cc2)c2c(NC(=O)c3ccccc3)sc(C)c2C)CC1. The van der Waals surface area contributed by atoms with Crippen molar-refractivity contribution in [3.8, 4) is 5.75 Å². The number of benzene rings is 2. The van der Waals surface area contributed by atoms with Gasteiger partial charge in [-0.25, -0.2) is 0 Å². The number of amides is 1.